The van der Waals surface area contributed by atoms with Crippen molar-refractivity contribution < 1.29 is 9.53 Å². The number of morpholine rings is 1. The molecule has 1 amide bonds. The lowest BCUT2D eigenvalue weighted by atomic mass is 9.81. The van der Waals surface area contributed by atoms with Gasteiger partial charge in [-0.3, -0.25) is 9.69 Å². The van der Waals surface area contributed by atoms with E-state index in [0.29, 0.717) is 30.2 Å². The van der Waals surface area contributed by atoms with Crippen LogP contribution in [0.3, 0.4) is 0 Å². The molecular weight excluding hydrogens is 312 g/mol. The number of amides is 1. The van der Waals surface area contributed by atoms with Crippen LogP contribution >= 0.6 is 0 Å². The Labute approximate surface area is 151 Å². The number of hydrogen-bond acceptors (Lipinski definition) is 3. The number of carbonyl (C=O) groups is 1. The molecule has 2 fully saturated rings. The lowest BCUT2D eigenvalue weighted by Gasteiger charge is -2.34. The lowest BCUT2D eigenvalue weighted by Crippen LogP contribution is -2.47. The van der Waals surface area contributed by atoms with Crippen molar-refractivity contribution in [2.24, 2.45) is 5.92 Å². The van der Waals surface area contributed by atoms with Crippen LogP contribution in [0, 0.1) is 5.92 Å². The van der Waals surface area contributed by atoms with Gasteiger partial charge in [0.25, 0.3) is 0 Å². The average molecular weight is 342 g/mol. The van der Waals surface area contributed by atoms with Crippen molar-refractivity contribution in [1.82, 2.24) is 9.80 Å². The summed E-state index contributed by atoms with van der Waals surface area (Å²) in [6, 6.07) is 9.21. The first-order valence-corrected chi connectivity index (χ1v) is 9.90. The predicted molar refractivity (Wildman–Crippen MR) is 98.7 cm³/mol. The maximum atomic E-state index is 13.0. The highest BCUT2D eigenvalue weighted by Crippen LogP contribution is 2.35. The molecule has 4 heteroatoms. The van der Waals surface area contributed by atoms with Crippen molar-refractivity contribution in [2.45, 2.75) is 44.6 Å². The summed E-state index contributed by atoms with van der Waals surface area (Å²) >= 11 is 0. The van der Waals surface area contributed by atoms with Gasteiger partial charge in [0.05, 0.1) is 13.2 Å². The van der Waals surface area contributed by atoms with Gasteiger partial charge in [-0.2, -0.15) is 0 Å². The number of aryl methyl sites for hydroxylation is 1. The molecule has 0 spiro atoms. The molecule has 2 saturated heterocycles. The van der Waals surface area contributed by atoms with E-state index in [9.17, 15) is 4.79 Å². The highest BCUT2D eigenvalue weighted by molar-refractivity contribution is 5.77. The molecule has 3 aliphatic rings. The van der Waals surface area contributed by atoms with Crippen LogP contribution in [0.5, 0.6) is 0 Å². The van der Waals surface area contributed by atoms with Crippen LogP contribution in [0.4, 0.5) is 0 Å². The molecule has 0 aromatic heterocycles. The first-order valence-electron chi connectivity index (χ1n) is 9.90. The van der Waals surface area contributed by atoms with E-state index >= 15 is 0 Å². The van der Waals surface area contributed by atoms with Crippen LogP contribution < -0.4 is 0 Å². The molecule has 1 aromatic rings. The predicted octanol–water partition coefficient (Wildman–Crippen LogP) is 2.68. The number of nitrogens with zero attached hydrogens (tertiary/aromatic N) is 2. The molecule has 0 saturated carbocycles. The van der Waals surface area contributed by atoms with Crippen LogP contribution in [0.1, 0.15) is 43.2 Å². The van der Waals surface area contributed by atoms with Gasteiger partial charge in [-0.1, -0.05) is 31.2 Å². The largest absolute Gasteiger partial charge is 0.379 e. The summed E-state index contributed by atoms with van der Waals surface area (Å²) in [5.41, 5.74) is 2.87. The molecule has 0 bridgehead atoms. The molecule has 0 N–H and O–H groups in total. The van der Waals surface area contributed by atoms with E-state index in [1.54, 1.807) is 0 Å². The Bertz CT molecular complexity index is 612. The smallest absolute Gasteiger partial charge is 0.223 e. The molecule has 0 radical (unpaired) electrons. The van der Waals surface area contributed by atoms with Crippen LogP contribution in [0.2, 0.25) is 0 Å². The number of rotatable bonds is 3. The highest BCUT2D eigenvalue weighted by Gasteiger charge is 2.37. The zero-order chi connectivity index (χ0) is 17.2. The Balaban J connectivity index is 1.39. The highest BCUT2D eigenvalue weighted by atomic mass is 16.5. The van der Waals surface area contributed by atoms with Crippen LogP contribution in [0.25, 0.3) is 0 Å². The summed E-state index contributed by atoms with van der Waals surface area (Å²) in [5.74, 6) is 1.32. The Hall–Kier alpha value is -1.39. The zero-order valence-electron chi connectivity index (χ0n) is 15.3. The van der Waals surface area contributed by atoms with Gasteiger partial charge in [-0.25, -0.2) is 0 Å². The minimum absolute atomic E-state index is 0.351. The normalized spacial score (nSPS) is 30.3. The van der Waals surface area contributed by atoms with E-state index in [1.807, 2.05) is 0 Å². The molecule has 1 aliphatic carbocycles. The monoisotopic (exact) mass is 342 g/mol. The van der Waals surface area contributed by atoms with Gasteiger partial charge >= 0.3 is 0 Å². The van der Waals surface area contributed by atoms with Crippen molar-refractivity contribution in [3.63, 3.8) is 0 Å². The molecule has 136 valence electrons. The van der Waals surface area contributed by atoms with Crippen molar-refractivity contribution in [3.05, 3.63) is 35.4 Å². The third-order valence-corrected chi connectivity index (χ3v) is 6.35. The van der Waals surface area contributed by atoms with Crippen molar-refractivity contribution in [1.29, 1.82) is 0 Å². The van der Waals surface area contributed by atoms with E-state index in [0.717, 1.165) is 45.8 Å². The third kappa shape index (κ3) is 3.61. The van der Waals surface area contributed by atoms with Crippen molar-refractivity contribution >= 4 is 5.91 Å². The third-order valence-electron chi connectivity index (χ3n) is 6.35. The van der Waals surface area contributed by atoms with E-state index in [-0.39, 0.29) is 0 Å². The van der Waals surface area contributed by atoms with E-state index in [1.165, 1.54) is 24.0 Å². The number of carbonyl (C=O) groups excluding carboxylic acids is 1. The Morgan fingerprint density at radius 3 is 2.84 bits per heavy atom. The fourth-order valence-electron chi connectivity index (χ4n) is 4.94. The summed E-state index contributed by atoms with van der Waals surface area (Å²) < 4.78 is 5.48. The minimum Gasteiger partial charge on any atom is -0.379 e. The minimum atomic E-state index is 0.351. The van der Waals surface area contributed by atoms with Crippen LogP contribution in [-0.4, -0.2) is 61.1 Å². The Kier molecular flexibility index (Phi) is 5.09. The van der Waals surface area contributed by atoms with E-state index < -0.39 is 0 Å². The van der Waals surface area contributed by atoms with Gasteiger partial charge < -0.3 is 9.64 Å². The maximum Gasteiger partial charge on any atom is 0.223 e. The number of benzene rings is 1. The quantitative estimate of drug-likeness (QED) is 0.847. The number of likely N-dealkylation sites (tertiary alicyclic amines) is 1. The van der Waals surface area contributed by atoms with Crippen molar-refractivity contribution in [2.75, 3.05) is 39.4 Å². The molecule has 1 aromatic carbocycles. The molecule has 2 heterocycles. The Morgan fingerprint density at radius 2 is 2.00 bits per heavy atom. The molecule has 4 rings (SSSR count). The van der Waals surface area contributed by atoms with Crippen LogP contribution in [0.15, 0.2) is 24.3 Å². The summed E-state index contributed by atoms with van der Waals surface area (Å²) in [6.45, 7) is 7.78. The van der Waals surface area contributed by atoms with Gasteiger partial charge in [-0.15, -0.1) is 0 Å². The number of hydrogen-bond donors (Lipinski definition) is 0. The molecule has 4 nitrogen and oxygen atoms in total. The molecular formula is C21H30N2O2. The van der Waals surface area contributed by atoms with Gasteiger partial charge in [0.2, 0.25) is 5.91 Å². The fourth-order valence-corrected chi connectivity index (χ4v) is 4.94. The molecule has 2 aliphatic heterocycles. The maximum absolute atomic E-state index is 13.0. The van der Waals surface area contributed by atoms with E-state index in [4.69, 9.17) is 4.74 Å². The first kappa shape index (κ1) is 17.0. The topological polar surface area (TPSA) is 32.8 Å². The second kappa shape index (κ2) is 7.46. The SMILES string of the molecule is C[C@@H]1CN(C(=O)C[C@H]2CCCc3ccccc32)C[C@H]1N1CCOCC1. The summed E-state index contributed by atoms with van der Waals surface area (Å²) in [4.78, 5) is 17.6. The number of ether oxygens (including phenoxy) is 1. The van der Waals surface area contributed by atoms with Crippen LogP contribution in [-0.2, 0) is 16.0 Å². The molecule has 25 heavy (non-hydrogen) atoms. The Morgan fingerprint density at radius 1 is 1.20 bits per heavy atom. The summed E-state index contributed by atoms with van der Waals surface area (Å²) in [6.07, 6.45) is 4.21. The van der Waals surface area contributed by atoms with E-state index in [2.05, 4.69) is 41.0 Å². The summed E-state index contributed by atoms with van der Waals surface area (Å²) in [7, 11) is 0. The van der Waals surface area contributed by atoms with Gasteiger partial charge in [0.15, 0.2) is 0 Å². The molecule has 0 unspecified atom stereocenters. The average Bonchev–Trinajstić information content (AvgIpc) is 3.05. The zero-order valence-corrected chi connectivity index (χ0v) is 15.3. The standard InChI is InChI=1S/C21H30N2O2/c1-16-14-23(15-20(16)22-9-11-25-12-10-22)21(24)13-18-7-4-6-17-5-2-3-8-19(17)18/h2-3,5,8,16,18,20H,4,6-7,9-15H2,1H3/t16-,18-,20-/m1/s1. The van der Waals surface area contributed by atoms with Gasteiger partial charge in [0, 0.05) is 38.6 Å². The summed E-state index contributed by atoms with van der Waals surface area (Å²) in [5, 5.41) is 0. The van der Waals surface area contributed by atoms with Gasteiger partial charge in [-0.05, 0) is 42.2 Å². The first-order chi connectivity index (χ1) is 12.2. The lowest BCUT2D eigenvalue weighted by molar-refractivity contribution is -0.131. The van der Waals surface area contributed by atoms with Gasteiger partial charge in [0.1, 0.15) is 0 Å². The number of fused-ring (bicyclic) bond motifs is 1. The molecule has 3 atom stereocenters. The second-order valence-electron chi connectivity index (χ2n) is 7.98. The second-order valence-corrected chi connectivity index (χ2v) is 7.98. The fraction of sp³-hybridized carbons (Fsp3) is 0.667. The van der Waals surface area contributed by atoms with Crippen molar-refractivity contribution in [3.8, 4) is 0 Å².